The smallest absolute Gasteiger partial charge is 0.131 e. The van der Waals surface area contributed by atoms with E-state index in [9.17, 15) is 0 Å². The molecule has 0 aliphatic heterocycles. The Labute approximate surface area is 130 Å². The van der Waals surface area contributed by atoms with Crippen molar-refractivity contribution >= 4 is 13.8 Å². The van der Waals surface area contributed by atoms with Crippen molar-refractivity contribution in [3.8, 4) is 0 Å². The average molecular weight is 304 g/mol. The number of benzene rings is 1. The second-order valence-electron chi connectivity index (χ2n) is 7.60. The molecule has 3 heteroatoms. The maximum Gasteiger partial charge on any atom is 0.131 e. The fraction of sp³-hybridized carbons (Fsp3) is 0.556. The molecular formula is C18H29NOSi. The summed E-state index contributed by atoms with van der Waals surface area (Å²) in [6.45, 7) is 12.5. The van der Waals surface area contributed by atoms with E-state index < -0.39 is 8.24 Å². The van der Waals surface area contributed by atoms with Crippen LogP contribution < -0.4 is 4.98 Å². The number of ether oxygens (including phenoxy) is 1. The average Bonchev–Trinajstić information content (AvgIpc) is 2.73. The number of hydrogen-bond donors (Lipinski definition) is 1. The van der Waals surface area contributed by atoms with Crippen LogP contribution in [-0.4, -0.2) is 27.5 Å². The fourth-order valence-corrected chi connectivity index (χ4v) is 7.25. The van der Waals surface area contributed by atoms with Crippen LogP contribution in [0.1, 0.15) is 43.9 Å². The molecule has 0 fully saturated rings. The quantitative estimate of drug-likeness (QED) is 0.817. The molecule has 2 rings (SSSR count). The van der Waals surface area contributed by atoms with E-state index in [-0.39, 0.29) is 5.54 Å². The maximum atomic E-state index is 5.28. The minimum absolute atomic E-state index is 0.161. The number of hydrogen-bond acceptors (Lipinski definition) is 2. The van der Waals surface area contributed by atoms with Crippen molar-refractivity contribution in [2.24, 2.45) is 0 Å². The van der Waals surface area contributed by atoms with E-state index in [1.807, 2.05) is 0 Å². The highest BCUT2D eigenvalue weighted by Crippen LogP contribution is 2.41. The van der Waals surface area contributed by atoms with Gasteiger partial charge in [0, 0.05) is 18.2 Å². The van der Waals surface area contributed by atoms with Crippen LogP contribution in [0.5, 0.6) is 0 Å². The molecule has 1 aromatic carbocycles. The lowest BCUT2D eigenvalue weighted by molar-refractivity contribution is 0.206. The molecule has 1 aromatic rings. The normalized spacial score (nSPS) is 18.6. The summed E-state index contributed by atoms with van der Waals surface area (Å²) in [7, 11) is 0.171. The van der Waals surface area contributed by atoms with Crippen LogP contribution in [0, 0.1) is 0 Å². The van der Waals surface area contributed by atoms with Crippen molar-refractivity contribution in [3.05, 3.63) is 41.5 Å². The van der Waals surface area contributed by atoms with Gasteiger partial charge >= 0.3 is 0 Å². The van der Waals surface area contributed by atoms with E-state index in [4.69, 9.17) is 4.74 Å². The minimum atomic E-state index is -1.61. The summed E-state index contributed by atoms with van der Waals surface area (Å²) in [5, 5.41) is 0. The van der Waals surface area contributed by atoms with Crippen molar-refractivity contribution in [1.82, 2.24) is 4.98 Å². The number of fused-ring (bicyclic) bond motifs is 1. The van der Waals surface area contributed by atoms with Crippen molar-refractivity contribution in [1.29, 1.82) is 0 Å². The summed E-state index contributed by atoms with van der Waals surface area (Å²) >= 11 is 0. The highest BCUT2D eigenvalue weighted by atomic mass is 28.3. The van der Waals surface area contributed by atoms with Gasteiger partial charge < -0.3 is 9.72 Å². The Morgan fingerprint density at radius 1 is 1.19 bits per heavy atom. The molecule has 0 amide bonds. The Morgan fingerprint density at radius 2 is 1.86 bits per heavy atom. The molecule has 0 bridgehead atoms. The first-order valence-electron chi connectivity index (χ1n) is 7.83. The third kappa shape index (κ3) is 3.85. The summed E-state index contributed by atoms with van der Waals surface area (Å²) in [6.07, 6.45) is 3.50. The van der Waals surface area contributed by atoms with Gasteiger partial charge in [-0.25, -0.2) is 0 Å². The molecule has 1 unspecified atom stereocenters. The zero-order valence-electron chi connectivity index (χ0n) is 14.3. The zero-order valence-corrected chi connectivity index (χ0v) is 15.3. The molecule has 1 aliphatic carbocycles. The highest BCUT2D eigenvalue weighted by molar-refractivity contribution is 6.77. The van der Waals surface area contributed by atoms with Gasteiger partial charge in [0.05, 0.1) is 6.61 Å². The minimum Gasteiger partial charge on any atom is -0.384 e. The predicted octanol–water partition coefficient (Wildman–Crippen LogP) is 4.34. The van der Waals surface area contributed by atoms with Crippen molar-refractivity contribution in [3.63, 3.8) is 0 Å². The van der Waals surface area contributed by atoms with Gasteiger partial charge in [-0.1, -0.05) is 43.4 Å². The largest absolute Gasteiger partial charge is 0.384 e. The summed E-state index contributed by atoms with van der Waals surface area (Å²) in [5.41, 5.74) is 5.08. The molecule has 1 N–H and O–H groups in total. The molecule has 0 saturated heterocycles. The lowest BCUT2D eigenvalue weighted by Gasteiger charge is -2.37. The molecular weight excluding hydrogens is 274 g/mol. The Hall–Kier alpha value is -0.903. The van der Waals surface area contributed by atoms with E-state index in [2.05, 4.69) is 69.2 Å². The van der Waals surface area contributed by atoms with Gasteiger partial charge in [-0.05, 0) is 43.9 Å². The lowest BCUT2D eigenvalue weighted by atomic mass is 10.0. The number of nitrogens with one attached hydrogen (secondary N) is 1. The van der Waals surface area contributed by atoms with Gasteiger partial charge in [0.2, 0.25) is 0 Å². The van der Waals surface area contributed by atoms with Crippen LogP contribution in [-0.2, 0) is 4.74 Å². The summed E-state index contributed by atoms with van der Waals surface area (Å²) < 4.78 is 5.28. The molecule has 0 heterocycles. The maximum absolute atomic E-state index is 5.28. The van der Waals surface area contributed by atoms with Gasteiger partial charge in [-0.2, -0.15) is 0 Å². The molecule has 0 spiro atoms. The monoisotopic (exact) mass is 303 g/mol. The molecule has 0 radical (unpaired) electrons. The highest BCUT2D eigenvalue weighted by Gasteiger charge is 2.39. The van der Waals surface area contributed by atoms with Gasteiger partial charge in [-0.3, -0.25) is 0 Å². The van der Waals surface area contributed by atoms with Crippen molar-refractivity contribution in [2.45, 2.75) is 51.4 Å². The zero-order chi connectivity index (χ0) is 15.7. The Kier molecular flexibility index (Phi) is 4.76. The van der Waals surface area contributed by atoms with Crippen LogP contribution >= 0.6 is 0 Å². The van der Waals surface area contributed by atoms with Crippen LogP contribution in [0.25, 0.3) is 5.57 Å². The Morgan fingerprint density at radius 3 is 2.48 bits per heavy atom. The van der Waals surface area contributed by atoms with Gasteiger partial charge in [0.1, 0.15) is 8.24 Å². The van der Waals surface area contributed by atoms with Gasteiger partial charge in [-0.15, -0.1) is 0 Å². The van der Waals surface area contributed by atoms with Crippen LogP contribution in [0.4, 0.5) is 0 Å². The third-order valence-corrected chi connectivity index (χ3v) is 7.49. The molecule has 1 atom stereocenters. The first-order chi connectivity index (χ1) is 9.74. The van der Waals surface area contributed by atoms with Gasteiger partial charge in [0.25, 0.3) is 0 Å². The van der Waals surface area contributed by atoms with E-state index in [0.29, 0.717) is 5.54 Å². The summed E-state index contributed by atoms with van der Waals surface area (Å²) in [6, 6.07) is 8.88. The number of methoxy groups -OCH3 is 1. The standard InChI is InChI=1S/C18H29NOSi/c1-18(2,3)19-21(5,6)17-13-14(11-12-20-4)15-9-7-8-10-16(15)17/h7-10,13,17,19H,11-12H2,1-6H3. The van der Waals surface area contributed by atoms with Crippen LogP contribution in [0.2, 0.25) is 13.1 Å². The summed E-state index contributed by atoms with van der Waals surface area (Å²) in [5.74, 6) is 0. The van der Waals surface area contributed by atoms with Crippen LogP contribution in [0.15, 0.2) is 30.3 Å². The van der Waals surface area contributed by atoms with Crippen molar-refractivity contribution < 1.29 is 4.74 Å². The van der Waals surface area contributed by atoms with E-state index in [1.165, 1.54) is 16.7 Å². The van der Waals surface area contributed by atoms with Gasteiger partial charge in [0.15, 0.2) is 0 Å². The predicted molar refractivity (Wildman–Crippen MR) is 94.0 cm³/mol. The second-order valence-corrected chi connectivity index (χ2v) is 11.9. The Balaban J connectivity index is 2.33. The first-order valence-corrected chi connectivity index (χ1v) is 10.9. The third-order valence-electron chi connectivity index (χ3n) is 4.06. The second kappa shape index (κ2) is 6.07. The van der Waals surface area contributed by atoms with Crippen molar-refractivity contribution in [2.75, 3.05) is 13.7 Å². The topological polar surface area (TPSA) is 21.3 Å². The molecule has 0 saturated carbocycles. The molecule has 2 nitrogen and oxygen atoms in total. The van der Waals surface area contributed by atoms with E-state index >= 15 is 0 Å². The molecule has 1 aliphatic rings. The molecule has 0 aromatic heterocycles. The Bertz CT molecular complexity index is 528. The number of allylic oxidation sites excluding steroid dienone is 1. The fourth-order valence-electron chi connectivity index (χ4n) is 3.51. The summed E-state index contributed by atoms with van der Waals surface area (Å²) in [4.78, 5) is 3.92. The van der Waals surface area contributed by atoms with E-state index in [1.54, 1.807) is 7.11 Å². The number of rotatable bonds is 5. The van der Waals surface area contributed by atoms with Crippen LogP contribution in [0.3, 0.4) is 0 Å². The van der Waals surface area contributed by atoms with E-state index in [0.717, 1.165) is 13.0 Å². The SMILES string of the molecule is COCCC1=CC([Si](C)(C)NC(C)(C)C)c2ccccc21. The lowest BCUT2D eigenvalue weighted by Crippen LogP contribution is -2.57. The molecule has 21 heavy (non-hydrogen) atoms. The molecule has 116 valence electrons. The first kappa shape index (κ1) is 16.5.